The fourth-order valence-electron chi connectivity index (χ4n) is 1.82. The van der Waals surface area contributed by atoms with Gasteiger partial charge in [0.15, 0.2) is 0 Å². The molecule has 2 saturated heterocycles. The van der Waals surface area contributed by atoms with E-state index in [-0.39, 0.29) is 25.5 Å². The summed E-state index contributed by atoms with van der Waals surface area (Å²) in [6, 6.07) is -0.530. The molecule has 0 aromatic rings. The van der Waals surface area contributed by atoms with E-state index in [0.29, 0.717) is 13.0 Å². The molecule has 7 nitrogen and oxygen atoms in total. The van der Waals surface area contributed by atoms with Gasteiger partial charge < -0.3 is 15.3 Å². The number of aliphatic hydroxyl groups is 1. The van der Waals surface area contributed by atoms with Crippen molar-refractivity contribution in [1.29, 1.82) is 0 Å². The minimum atomic E-state index is -0.530. The Labute approximate surface area is 92.0 Å². The number of hydrogen-bond donors (Lipinski definition) is 2. The van der Waals surface area contributed by atoms with E-state index in [9.17, 15) is 19.5 Å². The van der Waals surface area contributed by atoms with Crippen molar-refractivity contribution in [2.45, 2.75) is 12.5 Å². The van der Waals surface area contributed by atoms with Gasteiger partial charge in [0.05, 0.1) is 12.6 Å². The zero-order valence-corrected chi connectivity index (χ0v) is 8.68. The zero-order chi connectivity index (χ0) is 11.7. The topological polar surface area (TPSA) is 90.0 Å². The third-order valence-corrected chi connectivity index (χ3v) is 2.75. The molecule has 0 aliphatic carbocycles. The van der Waals surface area contributed by atoms with Gasteiger partial charge in [0.1, 0.15) is 6.54 Å². The summed E-state index contributed by atoms with van der Waals surface area (Å²) in [5.74, 6) is -0.694. The summed E-state index contributed by atoms with van der Waals surface area (Å²) in [6.07, 6.45) is 0.0540. The molecule has 88 valence electrons. The predicted octanol–water partition coefficient (Wildman–Crippen LogP) is -1.87. The Hall–Kier alpha value is -1.63. The highest BCUT2D eigenvalue weighted by Gasteiger charge is 2.33. The highest BCUT2D eigenvalue weighted by Crippen LogP contribution is 2.10. The van der Waals surface area contributed by atoms with Crippen molar-refractivity contribution in [2.24, 2.45) is 0 Å². The minimum absolute atomic E-state index is 0.0469. The molecular formula is C9H13N3O4. The average molecular weight is 227 g/mol. The van der Waals surface area contributed by atoms with E-state index in [1.54, 1.807) is 0 Å². The number of hydrogen-bond acceptors (Lipinski definition) is 4. The highest BCUT2D eigenvalue weighted by atomic mass is 16.3. The van der Waals surface area contributed by atoms with Gasteiger partial charge in [-0.25, -0.2) is 4.79 Å². The SMILES string of the molecule is O=C(CN1C(=O)CNC1=O)N1CCC(O)C1. The molecule has 2 aliphatic rings. The molecule has 0 saturated carbocycles. The maximum atomic E-state index is 11.7. The number of carbonyl (C=O) groups excluding carboxylic acids is 3. The summed E-state index contributed by atoms with van der Waals surface area (Å²) in [6.45, 7) is 0.470. The van der Waals surface area contributed by atoms with Crippen LogP contribution in [0.1, 0.15) is 6.42 Å². The summed E-state index contributed by atoms with van der Waals surface area (Å²) < 4.78 is 0. The van der Waals surface area contributed by atoms with E-state index >= 15 is 0 Å². The molecule has 0 spiro atoms. The largest absolute Gasteiger partial charge is 0.391 e. The van der Waals surface area contributed by atoms with Crippen molar-refractivity contribution < 1.29 is 19.5 Å². The van der Waals surface area contributed by atoms with Crippen molar-refractivity contribution in [2.75, 3.05) is 26.2 Å². The second kappa shape index (κ2) is 4.09. The first-order valence-electron chi connectivity index (χ1n) is 5.12. The van der Waals surface area contributed by atoms with Crippen molar-refractivity contribution >= 4 is 17.8 Å². The van der Waals surface area contributed by atoms with Crippen molar-refractivity contribution in [1.82, 2.24) is 15.1 Å². The van der Waals surface area contributed by atoms with E-state index < -0.39 is 18.0 Å². The lowest BCUT2D eigenvalue weighted by atomic mass is 10.3. The van der Waals surface area contributed by atoms with Crippen LogP contribution in [0.3, 0.4) is 0 Å². The Kier molecular flexibility index (Phi) is 2.78. The van der Waals surface area contributed by atoms with Crippen LogP contribution in [-0.4, -0.2) is 65.0 Å². The first-order chi connectivity index (χ1) is 7.58. The minimum Gasteiger partial charge on any atom is -0.391 e. The van der Waals surface area contributed by atoms with Crippen LogP contribution in [0.4, 0.5) is 4.79 Å². The maximum absolute atomic E-state index is 11.7. The average Bonchev–Trinajstić information content (AvgIpc) is 2.79. The molecule has 0 radical (unpaired) electrons. The van der Waals surface area contributed by atoms with E-state index in [1.807, 2.05) is 0 Å². The van der Waals surface area contributed by atoms with Gasteiger partial charge in [-0.2, -0.15) is 0 Å². The highest BCUT2D eigenvalue weighted by molar-refractivity contribution is 6.04. The van der Waals surface area contributed by atoms with E-state index in [1.165, 1.54) is 4.90 Å². The Morgan fingerprint density at radius 1 is 1.50 bits per heavy atom. The molecule has 4 amide bonds. The van der Waals surface area contributed by atoms with Gasteiger partial charge >= 0.3 is 6.03 Å². The number of amides is 4. The normalized spacial score (nSPS) is 25.2. The summed E-state index contributed by atoms with van der Waals surface area (Å²) in [4.78, 5) is 36.4. The lowest BCUT2D eigenvalue weighted by Gasteiger charge is -2.18. The van der Waals surface area contributed by atoms with Crippen LogP contribution in [-0.2, 0) is 9.59 Å². The van der Waals surface area contributed by atoms with Gasteiger partial charge in [-0.1, -0.05) is 0 Å². The molecular weight excluding hydrogens is 214 g/mol. The molecule has 2 fully saturated rings. The fourth-order valence-corrected chi connectivity index (χ4v) is 1.82. The van der Waals surface area contributed by atoms with Gasteiger partial charge in [-0.05, 0) is 6.42 Å². The smallest absolute Gasteiger partial charge is 0.325 e. The zero-order valence-electron chi connectivity index (χ0n) is 8.68. The second-order valence-electron chi connectivity index (χ2n) is 3.92. The first kappa shape index (κ1) is 10.9. The summed E-state index contributed by atoms with van der Waals surface area (Å²) in [5, 5.41) is 11.6. The van der Waals surface area contributed by atoms with Crippen LogP contribution in [0.2, 0.25) is 0 Å². The third-order valence-electron chi connectivity index (χ3n) is 2.75. The molecule has 0 aromatic carbocycles. The number of aliphatic hydroxyl groups excluding tert-OH is 1. The number of imide groups is 1. The molecule has 1 unspecified atom stereocenters. The molecule has 16 heavy (non-hydrogen) atoms. The molecule has 2 rings (SSSR count). The van der Waals surface area contributed by atoms with Crippen LogP contribution >= 0.6 is 0 Å². The summed E-state index contributed by atoms with van der Waals surface area (Å²) in [5.41, 5.74) is 0. The monoisotopic (exact) mass is 227 g/mol. The molecule has 0 aromatic heterocycles. The van der Waals surface area contributed by atoms with Crippen LogP contribution in [0.15, 0.2) is 0 Å². The summed E-state index contributed by atoms with van der Waals surface area (Å²) in [7, 11) is 0. The second-order valence-corrected chi connectivity index (χ2v) is 3.92. The molecule has 0 bridgehead atoms. The number of likely N-dealkylation sites (tertiary alicyclic amines) is 1. The summed E-state index contributed by atoms with van der Waals surface area (Å²) >= 11 is 0. The lowest BCUT2D eigenvalue weighted by Crippen LogP contribution is -2.42. The molecule has 2 aliphatic heterocycles. The standard InChI is InChI=1S/C9H13N3O4/c13-6-1-2-11(4-6)8(15)5-12-7(14)3-10-9(12)16/h6,13H,1-5H2,(H,10,16). The Morgan fingerprint density at radius 3 is 2.75 bits per heavy atom. The van der Waals surface area contributed by atoms with Gasteiger partial charge in [0, 0.05) is 13.1 Å². The van der Waals surface area contributed by atoms with Gasteiger partial charge in [0.2, 0.25) is 5.91 Å². The fraction of sp³-hybridized carbons (Fsp3) is 0.667. The number of carbonyl (C=O) groups is 3. The van der Waals surface area contributed by atoms with E-state index in [0.717, 1.165) is 4.90 Å². The number of β-amino-alcohol motifs (C(OH)–C–C–N with tert-alkyl or cyclic N) is 1. The van der Waals surface area contributed by atoms with E-state index in [2.05, 4.69) is 5.32 Å². The maximum Gasteiger partial charge on any atom is 0.325 e. The Morgan fingerprint density at radius 2 is 2.25 bits per heavy atom. The molecule has 2 N–H and O–H groups in total. The quantitative estimate of drug-likeness (QED) is 0.541. The van der Waals surface area contributed by atoms with Crippen LogP contribution < -0.4 is 5.32 Å². The van der Waals surface area contributed by atoms with Gasteiger partial charge in [-0.15, -0.1) is 0 Å². The lowest BCUT2D eigenvalue weighted by molar-refractivity contribution is -0.136. The molecule has 1 atom stereocenters. The van der Waals surface area contributed by atoms with Crippen LogP contribution in [0, 0.1) is 0 Å². The Balaban J connectivity index is 1.92. The Bertz CT molecular complexity index is 328. The third kappa shape index (κ3) is 1.99. The number of nitrogens with zero attached hydrogens (tertiary/aromatic N) is 2. The first-order valence-corrected chi connectivity index (χ1v) is 5.12. The number of rotatable bonds is 2. The van der Waals surface area contributed by atoms with Crippen molar-refractivity contribution in [3.8, 4) is 0 Å². The molecule has 7 heteroatoms. The molecule has 2 heterocycles. The van der Waals surface area contributed by atoms with E-state index in [4.69, 9.17) is 0 Å². The predicted molar refractivity (Wildman–Crippen MR) is 52.3 cm³/mol. The number of nitrogens with one attached hydrogen (secondary N) is 1. The van der Waals surface area contributed by atoms with Crippen LogP contribution in [0.25, 0.3) is 0 Å². The van der Waals surface area contributed by atoms with Crippen molar-refractivity contribution in [3.05, 3.63) is 0 Å². The van der Waals surface area contributed by atoms with Gasteiger partial charge in [0.25, 0.3) is 5.91 Å². The number of urea groups is 1. The van der Waals surface area contributed by atoms with Crippen molar-refractivity contribution in [3.63, 3.8) is 0 Å². The van der Waals surface area contributed by atoms with Crippen LogP contribution in [0.5, 0.6) is 0 Å². The van der Waals surface area contributed by atoms with Gasteiger partial charge in [-0.3, -0.25) is 14.5 Å².